The van der Waals surface area contributed by atoms with Crippen molar-refractivity contribution in [3.63, 3.8) is 0 Å². The van der Waals surface area contributed by atoms with E-state index < -0.39 is 41.7 Å². The van der Waals surface area contributed by atoms with Crippen LogP contribution >= 0.6 is 12.0 Å². The van der Waals surface area contributed by atoms with Crippen LogP contribution in [0.5, 0.6) is 5.75 Å². The molecule has 5 aromatic rings. The maximum absolute atomic E-state index is 12.0. The van der Waals surface area contributed by atoms with E-state index in [2.05, 4.69) is 29.8 Å². The Morgan fingerprint density at radius 1 is 0.792 bits per heavy atom. The molecule has 8 N–H and O–H groups in total. The van der Waals surface area contributed by atoms with Gasteiger partial charge in [0, 0.05) is 21.7 Å². The van der Waals surface area contributed by atoms with E-state index in [1.165, 1.54) is 36.4 Å². The molecule has 1 amide bonds. The molecule has 0 fully saturated rings. The van der Waals surface area contributed by atoms with Crippen LogP contribution in [0, 0.1) is 6.92 Å². The molecule has 0 radical (unpaired) electrons. The van der Waals surface area contributed by atoms with Gasteiger partial charge in [-0.25, -0.2) is 5.26 Å². The summed E-state index contributed by atoms with van der Waals surface area (Å²) in [5.74, 6) is -1.24. The molecule has 248 valence electrons. The highest BCUT2D eigenvalue weighted by Gasteiger charge is 2.21. The van der Waals surface area contributed by atoms with Crippen LogP contribution in [0.25, 0.3) is 21.5 Å². The lowest BCUT2D eigenvalue weighted by atomic mass is 10.1. The summed E-state index contributed by atoms with van der Waals surface area (Å²) >= 11 is 0.351. The summed E-state index contributed by atoms with van der Waals surface area (Å²) in [5.41, 5.74) is 12.0. The SMILES string of the molecule is Cc1ccc(C(N)=O)cc1N=Nc1ccc(N=Nc2c(SOOO)cc3cc(S(=O)(=O)O)c(N)cc3c2O)c2cc(S(=O)(=O)O)ccc12. The molecule has 5 rings (SSSR count). The first-order valence-electron chi connectivity index (χ1n) is 13.1. The van der Waals surface area contributed by atoms with E-state index in [4.69, 9.17) is 16.7 Å². The quantitative estimate of drug-likeness (QED) is 0.0227. The number of azo groups is 2. The molecule has 0 atom stereocenters. The molecule has 48 heavy (non-hydrogen) atoms. The molecule has 0 saturated heterocycles. The van der Waals surface area contributed by atoms with Crippen molar-refractivity contribution < 1.29 is 50.5 Å². The summed E-state index contributed by atoms with van der Waals surface area (Å²) in [5, 5.41) is 40.7. The summed E-state index contributed by atoms with van der Waals surface area (Å²) in [6.07, 6.45) is 0. The molecule has 0 bridgehead atoms. The number of phenols is 1. The number of aromatic hydroxyl groups is 1. The van der Waals surface area contributed by atoms with Gasteiger partial charge >= 0.3 is 0 Å². The fourth-order valence-electron chi connectivity index (χ4n) is 4.54. The zero-order valence-electron chi connectivity index (χ0n) is 24.2. The van der Waals surface area contributed by atoms with Crippen LogP contribution < -0.4 is 11.5 Å². The number of aryl methyl sites for hydroxylation is 1. The monoisotopic (exact) mass is 714 g/mol. The second kappa shape index (κ2) is 13.2. The molecular formula is C28H22N6O11S3. The molecule has 0 aromatic heterocycles. The number of nitrogens with zero attached hydrogens (tertiary/aromatic N) is 4. The number of hydrogen-bond donors (Lipinski definition) is 6. The van der Waals surface area contributed by atoms with Crippen molar-refractivity contribution >= 4 is 88.2 Å². The Balaban J connectivity index is 1.67. The fourth-order valence-corrected chi connectivity index (χ4v) is 6.17. The first-order chi connectivity index (χ1) is 22.6. The lowest BCUT2D eigenvalue weighted by Crippen LogP contribution is -2.10. The number of nitrogens with two attached hydrogens (primary N) is 2. The van der Waals surface area contributed by atoms with E-state index in [0.717, 1.165) is 24.3 Å². The highest BCUT2D eigenvalue weighted by atomic mass is 32.2. The third-order valence-electron chi connectivity index (χ3n) is 6.87. The van der Waals surface area contributed by atoms with Gasteiger partial charge in [-0.3, -0.25) is 13.9 Å². The molecule has 0 aliphatic carbocycles. The molecule has 20 heteroatoms. The molecule has 0 aliphatic rings. The summed E-state index contributed by atoms with van der Waals surface area (Å²) in [4.78, 5) is 10.5. The van der Waals surface area contributed by atoms with E-state index in [1.807, 2.05) is 0 Å². The van der Waals surface area contributed by atoms with Gasteiger partial charge in [-0.2, -0.15) is 21.9 Å². The average molecular weight is 715 g/mol. The van der Waals surface area contributed by atoms with Gasteiger partial charge in [-0.15, -0.1) is 19.7 Å². The van der Waals surface area contributed by atoms with Gasteiger partial charge in [-0.1, -0.05) is 17.2 Å². The predicted molar refractivity (Wildman–Crippen MR) is 172 cm³/mol. The van der Waals surface area contributed by atoms with Gasteiger partial charge in [0.1, 0.15) is 10.6 Å². The summed E-state index contributed by atoms with van der Waals surface area (Å²) < 4.78 is 71.2. The Hall–Kier alpha value is -5.06. The predicted octanol–water partition coefficient (Wildman–Crippen LogP) is 6.44. The number of carbonyl (C=O) groups excluding carboxylic acids is 1. The molecule has 0 unspecified atom stereocenters. The summed E-state index contributed by atoms with van der Waals surface area (Å²) in [7, 11) is -9.41. The van der Waals surface area contributed by atoms with E-state index in [9.17, 15) is 35.8 Å². The van der Waals surface area contributed by atoms with E-state index in [-0.39, 0.29) is 49.4 Å². The number of anilines is 1. The van der Waals surface area contributed by atoms with Gasteiger partial charge in [0.05, 0.1) is 44.6 Å². The van der Waals surface area contributed by atoms with E-state index in [1.54, 1.807) is 13.0 Å². The largest absolute Gasteiger partial charge is 0.505 e. The molecule has 17 nitrogen and oxygen atoms in total. The minimum Gasteiger partial charge on any atom is -0.505 e. The smallest absolute Gasteiger partial charge is 0.296 e. The normalized spacial score (nSPS) is 12.5. The maximum atomic E-state index is 12.0. The molecule has 0 aliphatic heterocycles. The standard InChI is InChI=1S/C28H22N6O11S3/c1-13-2-3-14(28(30)36)8-23(13)33-31-21-6-7-22(19-11-16(47(38,39)40)4-5-17(19)21)32-34-26-24(46-45-44-37)9-15-10-25(48(41,42)43)20(29)12-18(15)27(26)35/h2-12,35,37H,29H2,1H3,(H2,30,36)(H,38,39,40)(H,41,42,43). The Morgan fingerprint density at radius 2 is 1.46 bits per heavy atom. The van der Waals surface area contributed by atoms with E-state index in [0.29, 0.717) is 28.7 Å². The molecule has 0 saturated carbocycles. The van der Waals surface area contributed by atoms with Crippen LogP contribution in [-0.4, -0.2) is 42.2 Å². The zero-order valence-corrected chi connectivity index (χ0v) is 26.6. The third kappa shape index (κ3) is 7.10. The highest BCUT2D eigenvalue weighted by Crippen LogP contribution is 2.46. The van der Waals surface area contributed by atoms with Crippen molar-refractivity contribution in [2.24, 2.45) is 26.2 Å². The van der Waals surface area contributed by atoms with Gasteiger partial charge in [0.2, 0.25) is 5.91 Å². The van der Waals surface area contributed by atoms with Crippen LogP contribution in [0.15, 0.2) is 102 Å². The number of benzene rings is 5. The fraction of sp³-hybridized carbons (Fsp3) is 0.0357. The van der Waals surface area contributed by atoms with Gasteiger partial charge in [0.15, 0.2) is 5.75 Å². The van der Waals surface area contributed by atoms with Crippen molar-refractivity contribution in [3.8, 4) is 5.75 Å². The first kappa shape index (κ1) is 34.3. The maximum Gasteiger partial charge on any atom is 0.296 e. The number of nitrogen functional groups attached to an aromatic ring is 1. The van der Waals surface area contributed by atoms with Gasteiger partial charge in [0.25, 0.3) is 20.2 Å². The van der Waals surface area contributed by atoms with Crippen molar-refractivity contribution in [1.29, 1.82) is 0 Å². The van der Waals surface area contributed by atoms with Crippen molar-refractivity contribution in [2.45, 2.75) is 21.6 Å². The lowest BCUT2D eigenvalue weighted by molar-refractivity contribution is -0.432. The Bertz CT molecular complexity index is 2420. The summed E-state index contributed by atoms with van der Waals surface area (Å²) in [6, 6.07) is 14.5. The number of carbonyl (C=O) groups is 1. The number of fused-ring (bicyclic) bond motifs is 2. The van der Waals surface area contributed by atoms with Gasteiger partial charge < -0.3 is 16.6 Å². The van der Waals surface area contributed by atoms with Crippen molar-refractivity contribution in [2.75, 3.05) is 5.73 Å². The Morgan fingerprint density at radius 3 is 2.10 bits per heavy atom. The number of amides is 1. The van der Waals surface area contributed by atoms with Crippen LogP contribution in [0.2, 0.25) is 0 Å². The minimum absolute atomic E-state index is 0.00640. The Kier molecular flexibility index (Phi) is 9.44. The van der Waals surface area contributed by atoms with Crippen molar-refractivity contribution in [1.82, 2.24) is 0 Å². The Labute approximate surface area is 275 Å². The van der Waals surface area contributed by atoms with E-state index >= 15 is 0 Å². The molecular weight excluding hydrogens is 693 g/mol. The van der Waals surface area contributed by atoms with Gasteiger partial charge in [-0.05, 0) is 72.5 Å². The topological polar surface area (TPSA) is 286 Å². The lowest BCUT2D eigenvalue weighted by Gasteiger charge is -2.12. The number of primary amides is 1. The molecule has 0 spiro atoms. The van der Waals surface area contributed by atoms with Crippen LogP contribution in [0.4, 0.5) is 28.4 Å². The first-order valence-corrected chi connectivity index (χ1v) is 16.7. The highest BCUT2D eigenvalue weighted by molar-refractivity contribution is 7.94. The van der Waals surface area contributed by atoms with Crippen LogP contribution in [-0.2, 0) is 29.6 Å². The molecule has 5 aromatic carbocycles. The minimum atomic E-state index is -4.73. The zero-order chi connectivity index (χ0) is 35.0. The number of rotatable bonds is 10. The molecule has 0 heterocycles. The number of phenolic OH excluding ortho intramolecular Hbond substituents is 1. The summed E-state index contributed by atoms with van der Waals surface area (Å²) in [6.45, 7) is 1.74. The second-order valence-electron chi connectivity index (χ2n) is 9.94. The van der Waals surface area contributed by atoms with Crippen molar-refractivity contribution in [3.05, 3.63) is 77.9 Å². The second-order valence-corrected chi connectivity index (χ2v) is 13.5. The van der Waals surface area contributed by atoms with Crippen LogP contribution in [0.3, 0.4) is 0 Å². The van der Waals surface area contributed by atoms with Crippen LogP contribution in [0.1, 0.15) is 15.9 Å². The average Bonchev–Trinajstić information content (AvgIpc) is 3.02. The third-order valence-corrected chi connectivity index (χ3v) is 9.25. The number of hydrogen-bond acceptors (Lipinski definition) is 15.